The van der Waals surface area contributed by atoms with E-state index in [-0.39, 0.29) is 11.7 Å². The molecule has 0 spiro atoms. The third kappa shape index (κ3) is 3.11. The highest BCUT2D eigenvalue weighted by molar-refractivity contribution is 7.18. The fraction of sp³-hybridized carbons (Fsp3) is 0.286. The first-order valence-corrected chi connectivity index (χ1v) is 7.91. The summed E-state index contributed by atoms with van der Waals surface area (Å²) in [7, 11) is 0. The van der Waals surface area contributed by atoms with Gasteiger partial charge in [0.15, 0.2) is 5.13 Å². The molecule has 21 heavy (non-hydrogen) atoms. The molecule has 0 radical (unpaired) electrons. The van der Waals surface area contributed by atoms with Gasteiger partial charge in [-0.25, -0.2) is 4.98 Å². The number of carbonyl (C=O) groups is 1. The molecular formula is C14H15ClN4OS. The molecule has 4 N–H and O–H groups in total. The van der Waals surface area contributed by atoms with Crippen molar-refractivity contribution in [2.24, 2.45) is 0 Å². The summed E-state index contributed by atoms with van der Waals surface area (Å²) in [6.45, 7) is 0. The number of aromatic nitrogens is 1. The van der Waals surface area contributed by atoms with Crippen LogP contribution in [0.5, 0.6) is 0 Å². The van der Waals surface area contributed by atoms with Crippen molar-refractivity contribution in [3.8, 4) is 0 Å². The molecule has 3 rings (SSSR count). The van der Waals surface area contributed by atoms with Gasteiger partial charge in [-0.1, -0.05) is 35.1 Å². The molecule has 0 aliphatic heterocycles. The van der Waals surface area contributed by atoms with Crippen LogP contribution in [0.1, 0.15) is 28.9 Å². The minimum Gasteiger partial charge on any atom is -0.382 e. The number of halogens is 1. The Morgan fingerprint density at radius 2 is 2.14 bits per heavy atom. The van der Waals surface area contributed by atoms with Crippen molar-refractivity contribution in [2.75, 3.05) is 16.4 Å². The molecule has 1 amide bonds. The van der Waals surface area contributed by atoms with Gasteiger partial charge in [0.2, 0.25) is 0 Å². The smallest absolute Gasteiger partial charge is 0.269 e. The molecule has 0 unspecified atom stereocenters. The van der Waals surface area contributed by atoms with E-state index < -0.39 is 0 Å². The molecule has 110 valence electrons. The van der Waals surface area contributed by atoms with Gasteiger partial charge in [-0.05, 0) is 31.4 Å². The normalized spacial score (nSPS) is 14.5. The number of amides is 1. The fourth-order valence-corrected chi connectivity index (χ4v) is 3.07. The predicted molar refractivity (Wildman–Crippen MR) is 87.2 cm³/mol. The van der Waals surface area contributed by atoms with Crippen molar-refractivity contribution in [3.05, 3.63) is 34.2 Å². The Bertz CT molecular complexity index is 669. The van der Waals surface area contributed by atoms with Crippen LogP contribution in [0, 0.1) is 0 Å². The maximum atomic E-state index is 12.3. The zero-order valence-electron chi connectivity index (χ0n) is 11.2. The Balaban J connectivity index is 1.73. The topological polar surface area (TPSA) is 80.0 Å². The first kappa shape index (κ1) is 14.2. The van der Waals surface area contributed by atoms with Gasteiger partial charge >= 0.3 is 0 Å². The molecular weight excluding hydrogens is 308 g/mol. The van der Waals surface area contributed by atoms with E-state index in [9.17, 15) is 4.79 Å². The van der Waals surface area contributed by atoms with Crippen molar-refractivity contribution in [2.45, 2.75) is 25.3 Å². The van der Waals surface area contributed by atoms with E-state index in [1.54, 1.807) is 24.3 Å². The number of nitrogens with two attached hydrogens (primary N) is 1. The van der Waals surface area contributed by atoms with Crippen LogP contribution < -0.4 is 16.4 Å². The van der Waals surface area contributed by atoms with E-state index in [2.05, 4.69) is 15.6 Å². The summed E-state index contributed by atoms with van der Waals surface area (Å²) in [5, 5.41) is 7.23. The summed E-state index contributed by atoms with van der Waals surface area (Å²) >= 11 is 7.29. The van der Waals surface area contributed by atoms with Crippen molar-refractivity contribution < 1.29 is 4.79 Å². The van der Waals surface area contributed by atoms with Gasteiger partial charge in [-0.2, -0.15) is 0 Å². The number of carbonyl (C=O) groups excluding carboxylic acids is 1. The van der Waals surface area contributed by atoms with Gasteiger partial charge in [-0.15, -0.1) is 0 Å². The number of hydrogen-bond acceptors (Lipinski definition) is 5. The monoisotopic (exact) mass is 322 g/mol. The maximum Gasteiger partial charge on any atom is 0.269 e. The lowest BCUT2D eigenvalue weighted by molar-refractivity contribution is 0.103. The molecule has 1 heterocycles. The van der Waals surface area contributed by atoms with Crippen molar-refractivity contribution in [1.82, 2.24) is 4.98 Å². The number of rotatable bonds is 4. The molecule has 7 heteroatoms. The van der Waals surface area contributed by atoms with Gasteiger partial charge in [0, 0.05) is 6.04 Å². The highest BCUT2D eigenvalue weighted by Crippen LogP contribution is 2.30. The predicted octanol–water partition coefficient (Wildman–Crippen LogP) is 3.60. The van der Waals surface area contributed by atoms with Crippen molar-refractivity contribution in [3.63, 3.8) is 0 Å². The molecule has 1 aromatic heterocycles. The van der Waals surface area contributed by atoms with Crippen LogP contribution in [0.3, 0.4) is 0 Å². The molecule has 1 fully saturated rings. The van der Waals surface area contributed by atoms with Gasteiger partial charge in [0.25, 0.3) is 5.91 Å². The first-order chi connectivity index (χ1) is 10.1. The van der Waals surface area contributed by atoms with Crippen molar-refractivity contribution >= 4 is 45.5 Å². The van der Waals surface area contributed by atoms with E-state index >= 15 is 0 Å². The highest BCUT2D eigenvalue weighted by atomic mass is 35.5. The number of nitrogen functional groups attached to an aromatic ring is 1. The lowest BCUT2D eigenvalue weighted by atomic mass is 9.93. The number of para-hydroxylation sites is 1. The van der Waals surface area contributed by atoms with Gasteiger partial charge in [0.1, 0.15) is 10.7 Å². The Morgan fingerprint density at radius 3 is 2.81 bits per heavy atom. The third-order valence-corrected chi connectivity index (χ3v) is 4.75. The minimum atomic E-state index is -0.292. The zero-order chi connectivity index (χ0) is 14.8. The highest BCUT2D eigenvalue weighted by Gasteiger charge is 2.21. The number of hydrogen-bond donors (Lipinski definition) is 3. The van der Waals surface area contributed by atoms with Crippen LogP contribution in [0.25, 0.3) is 0 Å². The quantitative estimate of drug-likeness (QED) is 0.803. The molecule has 0 saturated heterocycles. The number of thiazole rings is 1. The lowest BCUT2D eigenvalue weighted by Gasteiger charge is -2.25. The summed E-state index contributed by atoms with van der Waals surface area (Å²) in [5.74, 6) is -0.0499. The average molecular weight is 323 g/mol. The van der Waals surface area contributed by atoms with Crippen LogP contribution in [0.2, 0.25) is 5.02 Å². The average Bonchev–Trinajstić information content (AvgIpc) is 2.78. The SMILES string of the molecule is Nc1nc(NC2CCC2)sc1C(=O)Nc1ccccc1Cl. The van der Waals surface area contributed by atoms with E-state index in [1.807, 2.05) is 0 Å². The summed E-state index contributed by atoms with van der Waals surface area (Å²) in [5.41, 5.74) is 6.40. The molecule has 1 aromatic carbocycles. The van der Waals surface area contributed by atoms with E-state index in [4.69, 9.17) is 17.3 Å². The summed E-state index contributed by atoms with van der Waals surface area (Å²) in [6, 6.07) is 7.53. The fourth-order valence-electron chi connectivity index (χ4n) is 2.03. The van der Waals surface area contributed by atoms with E-state index in [0.717, 1.165) is 12.8 Å². The molecule has 0 bridgehead atoms. The molecule has 5 nitrogen and oxygen atoms in total. The Labute approximate surface area is 131 Å². The molecule has 1 aliphatic rings. The number of nitrogens with zero attached hydrogens (tertiary/aromatic N) is 1. The zero-order valence-corrected chi connectivity index (χ0v) is 12.8. The number of benzene rings is 1. The standard InChI is InChI=1S/C14H15ClN4OS/c15-9-6-1-2-7-10(9)18-13(20)11-12(16)19-14(21-11)17-8-4-3-5-8/h1-2,6-8H,3-5,16H2,(H,17,19)(H,18,20). The number of nitrogens with one attached hydrogen (secondary N) is 2. The van der Waals surface area contributed by atoms with Gasteiger partial charge in [-0.3, -0.25) is 4.79 Å². The molecule has 1 saturated carbocycles. The van der Waals surface area contributed by atoms with Crippen LogP contribution in [-0.4, -0.2) is 16.9 Å². The van der Waals surface area contributed by atoms with Gasteiger partial charge < -0.3 is 16.4 Å². The van der Waals surface area contributed by atoms with Crippen molar-refractivity contribution in [1.29, 1.82) is 0 Å². The second-order valence-corrected chi connectivity index (χ2v) is 6.35. The van der Waals surface area contributed by atoms with Gasteiger partial charge in [0.05, 0.1) is 10.7 Å². The lowest BCUT2D eigenvalue weighted by Crippen LogP contribution is -2.26. The van der Waals surface area contributed by atoms with E-state index in [0.29, 0.717) is 26.8 Å². The van der Waals surface area contributed by atoms with Crippen LogP contribution in [0.4, 0.5) is 16.6 Å². The molecule has 2 aromatic rings. The number of anilines is 3. The summed E-state index contributed by atoms with van der Waals surface area (Å²) in [4.78, 5) is 16.9. The summed E-state index contributed by atoms with van der Waals surface area (Å²) < 4.78 is 0. The largest absolute Gasteiger partial charge is 0.382 e. The van der Waals surface area contributed by atoms with Crippen LogP contribution in [-0.2, 0) is 0 Å². The third-order valence-electron chi connectivity index (χ3n) is 3.41. The minimum absolute atomic E-state index is 0.242. The maximum absolute atomic E-state index is 12.3. The summed E-state index contributed by atoms with van der Waals surface area (Å²) in [6.07, 6.45) is 3.51. The van der Waals surface area contributed by atoms with E-state index in [1.165, 1.54) is 17.8 Å². The Morgan fingerprint density at radius 1 is 1.38 bits per heavy atom. The Kier molecular flexibility index (Phi) is 3.98. The first-order valence-electron chi connectivity index (χ1n) is 6.72. The second-order valence-electron chi connectivity index (χ2n) is 4.94. The molecule has 0 atom stereocenters. The van der Waals surface area contributed by atoms with Crippen LogP contribution in [0.15, 0.2) is 24.3 Å². The second kappa shape index (κ2) is 5.91. The molecule has 1 aliphatic carbocycles. The Hall–Kier alpha value is -1.79. The van der Waals surface area contributed by atoms with Crippen LogP contribution >= 0.6 is 22.9 Å².